The average Bonchev–Trinajstić information content (AvgIpc) is 3.02. The third-order valence-corrected chi connectivity index (χ3v) is 2.80. The van der Waals surface area contributed by atoms with Gasteiger partial charge in [0, 0.05) is 18.9 Å². The van der Waals surface area contributed by atoms with Gasteiger partial charge in [0.1, 0.15) is 12.4 Å². The summed E-state index contributed by atoms with van der Waals surface area (Å²) in [5.41, 5.74) is 0. The molecule has 0 aliphatic carbocycles. The number of ether oxygens (including phenoxy) is 1. The average molecular weight is 288 g/mol. The van der Waals surface area contributed by atoms with E-state index in [1.807, 2.05) is 47.3 Å². The molecule has 0 saturated carbocycles. The minimum Gasteiger partial charge on any atom is -0.492 e. The van der Waals surface area contributed by atoms with Crippen LogP contribution in [0.2, 0.25) is 0 Å². The Morgan fingerprint density at radius 2 is 2.05 bits per heavy atom. The topological polar surface area (TPSA) is 68.2 Å². The Balaban J connectivity index is 1.48. The first-order valence-corrected chi connectivity index (χ1v) is 6.97. The Morgan fingerprint density at radius 3 is 2.81 bits per heavy atom. The molecule has 0 saturated heterocycles. The molecule has 0 fully saturated rings. The van der Waals surface area contributed by atoms with E-state index in [1.54, 1.807) is 6.20 Å². The van der Waals surface area contributed by atoms with Crippen LogP contribution >= 0.6 is 0 Å². The van der Waals surface area contributed by atoms with E-state index in [-0.39, 0.29) is 5.91 Å². The van der Waals surface area contributed by atoms with E-state index in [9.17, 15) is 4.79 Å². The van der Waals surface area contributed by atoms with Crippen LogP contribution in [-0.2, 0) is 11.3 Å². The molecule has 0 unspecified atom stereocenters. The van der Waals surface area contributed by atoms with Crippen LogP contribution in [-0.4, -0.2) is 41.9 Å². The van der Waals surface area contributed by atoms with Crippen LogP contribution in [0.4, 0.5) is 0 Å². The fraction of sp³-hybridized carbons (Fsp3) is 0.333. The highest BCUT2D eigenvalue weighted by molar-refractivity contribution is 5.77. The highest BCUT2D eigenvalue weighted by Crippen LogP contribution is 2.07. The van der Waals surface area contributed by atoms with Crippen molar-refractivity contribution in [1.29, 1.82) is 0 Å². The van der Waals surface area contributed by atoms with Crippen molar-refractivity contribution in [3.63, 3.8) is 0 Å². The number of amides is 1. The van der Waals surface area contributed by atoms with Crippen LogP contribution in [0.25, 0.3) is 0 Å². The van der Waals surface area contributed by atoms with Crippen molar-refractivity contribution in [2.45, 2.75) is 6.54 Å². The van der Waals surface area contributed by atoms with Gasteiger partial charge < -0.3 is 15.4 Å². The van der Waals surface area contributed by atoms with Gasteiger partial charge in [-0.2, -0.15) is 5.10 Å². The van der Waals surface area contributed by atoms with Gasteiger partial charge in [0.15, 0.2) is 0 Å². The summed E-state index contributed by atoms with van der Waals surface area (Å²) in [4.78, 5) is 11.6. The van der Waals surface area contributed by atoms with Gasteiger partial charge in [-0.3, -0.25) is 9.48 Å². The maximum Gasteiger partial charge on any atom is 0.234 e. The predicted octanol–water partition coefficient (Wildman–Crippen LogP) is 0.668. The van der Waals surface area contributed by atoms with E-state index in [1.165, 1.54) is 0 Å². The number of aromatic nitrogens is 2. The molecular weight excluding hydrogens is 268 g/mol. The number of nitrogens with zero attached hydrogens (tertiary/aromatic N) is 2. The third kappa shape index (κ3) is 6.09. The lowest BCUT2D eigenvalue weighted by molar-refractivity contribution is -0.120. The summed E-state index contributed by atoms with van der Waals surface area (Å²) >= 11 is 0. The van der Waals surface area contributed by atoms with E-state index in [2.05, 4.69) is 15.7 Å². The maximum absolute atomic E-state index is 11.6. The molecule has 1 heterocycles. The van der Waals surface area contributed by atoms with Gasteiger partial charge >= 0.3 is 0 Å². The molecule has 0 radical (unpaired) electrons. The molecule has 1 aromatic carbocycles. The first kappa shape index (κ1) is 15.1. The van der Waals surface area contributed by atoms with Crippen LogP contribution in [0.3, 0.4) is 0 Å². The second-order valence-electron chi connectivity index (χ2n) is 4.46. The Bertz CT molecular complexity index is 514. The fourth-order valence-corrected chi connectivity index (χ4v) is 1.77. The van der Waals surface area contributed by atoms with Gasteiger partial charge in [-0.1, -0.05) is 18.2 Å². The lowest BCUT2D eigenvalue weighted by atomic mass is 10.3. The second kappa shape index (κ2) is 8.76. The number of nitrogens with one attached hydrogen (secondary N) is 2. The highest BCUT2D eigenvalue weighted by atomic mass is 16.5. The SMILES string of the molecule is O=C(CNCCn1cccn1)NCCOc1ccccc1. The normalized spacial score (nSPS) is 10.3. The van der Waals surface area contributed by atoms with E-state index in [4.69, 9.17) is 4.74 Å². The quantitative estimate of drug-likeness (QED) is 0.665. The van der Waals surface area contributed by atoms with Gasteiger partial charge in [0.2, 0.25) is 5.91 Å². The van der Waals surface area contributed by atoms with E-state index in [0.717, 1.165) is 12.3 Å². The molecule has 2 N–H and O–H groups in total. The summed E-state index contributed by atoms with van der Waals surface area (Å²) in [6.07, 6.45) is 3.63. The Morgan fingerprint density at radius 1 is 1.19 bits per heavy atom. The number of benzene rings is 1. The monoisotopic (exact) mass is 288 g/mol. The molecule has 6 heteroatoms. The molecule has 1 amide bonds. The zero-order valence-electron chi connectivity index (χ0n) is 11.9. The minimum atomic E-state index is -0.0351. The van der Waals surface area contributed by atoms with Crippen LogP contribution < -0.4 is 15.4 Å². The van der Waals surface area contributed by atoms with Crippen molar-refractivity contribution < 1.29 is 9.53 Å². The molecule has 0 aliphatic rings. The molecule has 21 heavy (non-hydrogen) atoms. The van der Waals surface area contributed by atoms with Crippen molar-refractivity contribution in [2.75, 3.05) is 26.2 Å². The molecule has 0 spiro atoms. The fourth-order valence-electron chi connectivity index (χ4n) is 1.77. The van der Waals surface area contributed by atoms with Crippen LogP contribution in [0.15, 0.2) is 48.8 Å². The number of hydrogen-bond acceptors (Lipinski definition) is 4. The molecule has 2 aromatic rings. The lowest BCUT2D eigenvalue weighted by Gasteiger charge is -2.08. The second-order valence-corrected chi connectivity index (χ2v) is 4.46. The molecule has 112 valence electrons. The zero-order valence-corrected chi connectivity index (χ0v) is 11.9. The molecule has 0 aliphatic heterocycles. The molecule has 0 atom stereocenters. The van der Waals surface area contributed by atoms with Crippen molar-refractivity contribution in [3.05, 3.63) is 48.8 Å². The number of rotatable bonds is 9. The Kier molecular flexibility index (Phi) is 6.28. The summed E-state index contributed by atoms with van der Waals surface area (Å²) in [6, 6.07) is 11.4. The Labute approximate surface area is 124 Å². The smallest absolute Gasteiger partial charge is 0.234 e. The molecule has 2 rings (SSSR count). The predicted molar refractivity (Wildman–Crippen MR) is 80.0 cm³/mol. The van der Waals surface area contributed by atoms with Crippen molar-refractivity contribution in [1.82, 2.24) is 20.4 Å². The van der Waals surface area contributed by atoms with Gasteiger partial charge in [0.05, 0.1) is 19.6 Å². The van der Waals surface area contributed by atoms with Crippen LogP contribution in [0, 0.1) is 0 Å². The van der Waals surface area contributed by atoms with E-state index >= 15 is 0 Å². The van der Waals surface area contributed by atoms with Gasteiger partial charge in [-0.25, -0.2) is 0 Å². The van der Waals surface area contributed by atoms with E-state index < -0.39 is 0 Å². The Hall–Kier alpha value is -2.34. The number of carbonyl (C=O) groups excluding carboxylic acids is 1. The van der Waals surface area contributed by atoms with Crippen molar-refractivity contribution >= 4 is 5.91 Å². The summed E-state index contributed by atoms with van der Waals surface area (Å²) < 4.78 is 7.30. The maximum atomic E-state index is 11.6. The van der Waals surface area contributed by atoms with Crippen molar-refractivity contribution in [3.8, 4) is 5.75 Å². The minimum absolute atomic E-state index is 0.0351. The lowest BCUT2D eigenvalue weighted by Crippen LogP contribution is -2.37. The van der Waals surface area contributed by atoms with Gasteiger partial charge in [-0.15, -0.1) is 0 Å². The molecular formula is C15H20N4O2. The highest BCUT2D eigenvalue weighted by Gasteiger charge is 2.00. The summed E-state index contributed by atoms with van der Waals surface area (Å²) in [5, 5.41) is 9.95. The summed E-state index contributed by atoms with van der Waals surface area (Å²) in [5.74, 6) is 0.774. The number of carbonyl (C=O) groups is 1. The van der Waals surface area contributed by atoms with Crippen LogP contribution in [0.5, 0.6) is 5.75 Å². The van der Waals surface area contributed by atoms with E-state index in [0.29, 0.717) is 26.2 Å². The largest absolute Gasteiger partial charge is 0.492 e. The molecule has 1 aromatic heterocycles. The molecule has 6 nitrogen and oxygen atoms in total. The zero-order chi connectivity index (χ0) is 14.8. The number of hydrogen-bond donors (Lipinski definition) is 2. The van der Waals surface area contributed by atoms with Gasteiger partial charge in [0.25, 0.3) is 0 Å². The van der Waals surface area contributed by atoms with Gasteiger partial charge in [-0.05, 0) is 18.2 Å². The van der Waals surface area contributed by atoms with Crippen molar-refractivity contribution in [2.24, 2.45) is 0 Å². The summed E-state index contributed by atoms with van der Waals surface area (Å²) in [6.45, 7) is 2.71. The third-order valence-electron chi connectivity index (χ3n) is 2.80. The summed E-state index contributed by atoms with van der Waals surface area (Å²) in [7, 11) is 0. The number of para-hydroxylation sites is 1. The molecule has 0 bridgehead atoms. The first-order valence-electron chi connectivity index (χ1n) is 6.97. The van der Waals surface area contributed by atoms with Crippen LogP contribution in [0.1, 0.15) is 0 Å². The first-order chi connectivity index (χ1) is 10.3. The standard InChI is InChI=1S/C15H20N4O2/c20-15(13-16-8-11-19-10-4-7-18-19)17-9-12-21-14-5-2-1-3-6-14/h1-7,10,16H,8-9,11-13H2,(H,17,20).